The minimum Gasteiger partial charge on any atom is -0.351 e. The maximum absolute atomic E-state index is 12.2. The van der Waals surface area contributed by atoms with Crippen LogP contribution >= 0.6 is 12.4 Å². The van der Waals surface area contributed by atoms with Crippen molar-refractivity contribution in [3.8, 4) is 0 Å². The lowest BCUT2D eigenvalue weighted by molar-refractivity contribution is -0.123. The number of nitrogens with one attached hydrogen (secondary N) is 4. The van der Waals surface area contributed by atoms with Gasteiger partial charge in [0.2, 0.25) is 5.91 Å². The van der Waals surface area contributed by atoms with Crippen molar-refractivity contribution in [2.45, 2.75) is 32.4 Å². The van der Waals surface area contributed by atoms with Crippen LogP contribution in [-0.2, 0) is 4.79 Å². The molecule has 1 aromatic rings. The first-order valence-electron chi connectivity index (χ1n) is 7.70. The number of urea groups is 1. The van der Waals surface area contributed by atoms with Crippen molar-refractivity contribution < 1.29 is 9.59 Å². The van der Waals surface area contributed by atoms with Gasteiger partial charge >= 0.3 is 6.03 Å². The Hall–Kier alpha value is -1.79. The molecule has 0 radical (unpaired) electrons. The third-order valence-electron chi connectivity index (χ3n) is 3.89. The number of hydrogen-bond donors (Lipinski definition) is 4. The van der Waals surface area contributed by atoms with Gasteiger partial charge in [-0.1, -0.05) is 25.1 Å². The molecule has 7 heteroatoms. The van der Waals surface area contributed by atoms with Gasteiger partial charge < -0.3 is 21.3 Å². The Bertz CT molecular complexity index is 512. The van der Waals surface area contributed by atoms with Crippen LogP contribution in [0.1, 0.15) is 20.3 Å². The van der Waals surface area contributed by atoms with Gasteiger partial charge in [0.05, 0.1) is 0 Å². The molecule has 4 N–H and O–H groups in total. The zero-order chi connectivity index (χ0) is 15.9. The number of anilines is 1. The summed E-state index contributed by atoms with van der Waals surface area (Å²) in [7, 11) is 0. The van der Waals surface area contributed by atoms with Crippen molar-refractivity contribution in [1.82, 2.24) is 16.0 Å². The van der Waals surface area contributed by atoms with Gasteiger partial charge in [0.25, 0.3) is 0 Å². The fourth-order valence-electron chi connectivity index (χ4n) is 2.49. The van der Waals surface area contributed by atoms with Crippen molar-refractivity contribution in [3.63, 3.8) is 0 Å². The fourth-order valence-corrected chi connectivity index (χ4v) is 2.49. The maximum atomic E-state index is 12.2. The van der Waals surface area contributed by atoms with Gasteiger partial charge in [-0.3, -0.25) is 4.79 Å². The average Bonchev–Trinajstić information content (AvgIpc) is 2.50. The van der Waals surface area contributed by atoms with Crippen molar-refractivity contribution >= 4 is 30.0 Å². The second-order valence-corrected chi connectivity index (χ2v) is 5.77. The molecule has 128 valence electrons. The van der Waals surface area contributed by atoms with Crippen LogP contribution in [-0.4, -0.2) is 37.1 Å². The maximum Gasteiger partial charge on any atom is 0.319 e. The molecule has 1 heterocycles. The van der Waals surface area contributed by atoms with E-state index in [1.807, 2.05) is 18.2 Å². The van der Waals surface area contributed by atoms with Crippen LogP contribution in [0, 0.1) is 5.92 Å². The normalized spacial score (nSPS) is 21.5. The van der Waals surface area contributed by atoms with Crippen molar-refractivity contribution in [1.29, 1.82) is 0 Å². The molecule has 2 rings (SSSR count). The molecule has 3 unspecified atom stereocenters. The number of carbonyl (C=O) groups excluding carboxylic acids is 2. The highest BCUT2D eigenvalue weighted by atomic mass is 35.5. The Kier molecular flexibility index (Phi) is 7.85. The molecule has 3 amide bonds. The first kappa shape index (κ1) is 19.3. The number of amides is 3. The highest BCUT2D eigenvalue weighted by Crippen LogP contribution is 2.10. The topological polar surface area (TPSA) is 82.3 Å². The third-order valence-corrected chi connectivity index (χ3v) is 3.89. The van der Waals surface area contributed by atoms with E-state index in [0.29, 0.717) is 11.6 Å². The number of carbonyl (C=O) groups is 2. The summed E-state index contributed by atoms with van der Waals surface area (Å²) in [6.07, 6.45) is 0.913. The second-order valence-electron chi connectivity index (χ2n) is 5.77. The SMILES string of the molecule is CC(NC(=O)Nc1ccccc1)C(=O)NC1CCNCC1C.Cl. The zero-order valence-corrected chi connectivity index (χ0v) is 14.3. The van der Waals surface area contributed by atoms with E-state index in [-0.39, 0.29) is 30.4 Å². The van der Waals surface area contributed by atoms with Crippen LogP contribution in [0.5, 0.6) is 0 Å². The Morgan fingerprint density at radius 2 is 1.96 bits per heavy atom. The monoisotopic (exact) mass is 340 g/mol. The standard InChI is InChI=1S/C16H24N4O2.ClH/c1-11-10-17-9-8-14(11)20-15(21)12(2)18-16(22)19-13-6-4-3-5-7-13;/h3-7,11-12,14,17H,8-10H2,1-2H3,(H,20,21)(H2,18,19,22);1H. The van der Waals surface area contributed by atoms with E-state index in [0.717, 1.165) is 19.5 Å². The summed E-state index contributed by atoms with van der Waals surface area (Å²) in [5.41, 5.74) is 0.694. The van der Waals surface area contributed by atoms with E-state index in [2.05, 4.69) is 28.2 Å². The van der Waals surface area contributed by atoms with Gasteiger partial charge in [0.15, 0.2) is 0 Å². The highest BCUT2D eigenvalue weighted by molar-refractivity contribution is 5.93. The number of halogens is 1. The van der Waals surface area contributed by atoms with Crippen LogP contribution in [0.2, 0.25) is 0 Å². The predicted molar refractivity (Wildman–Crippen MR) is 93.9 cm³/mol. The predicted octanol–water partition coefficient (Wildman–Crippen LogP) is 1.73. The summed E-state index contributed by atoms with van der Waals surface area (Å²) < 4.78 is 0. The molecule has 1 aliphatic heterocycles. The lowest BCUT2D eigenvalue weighted by Crippen LogP contribution is -2.53. The molecule has 6 nitrogen and oxygen atoms in total. The zero-order valence-electron chi connectivity index (χ0n) is 13.5. The second kappa shape index (κ2) is 9.37. The molecule has 0 aliphatic carbocycles. The van der Waals surface area contributed by atoms with Gasteiger partial charge in [-0.05, 0) is 44.5 Å². The Morgan fingerprint density at radius 3 is 2.61 bits per heavy atom. The first-order valence-corrected chi connectivity index (χ1v) is 7.70. The summed E-state index contributed by atoms with van der Waals surface area (Å²) in [6.45, 7) is 5.61. The molecule has 1 aromatic carbocycles. The van der Waals surface area contributed by atoms with E-state index in [4.69, 9.17) is 0 Å². The van der Waals surface area contributed by atoms with Gasteiger partial charge in [0, 0.05) is 11.7 Å². The fraction of sp³-hybridized carbons (Fsp3) is 0.500. The van der Waals surface area contributed by atoms with Crippen molar-refractivity contribution in [3.05, 3.63) is 30.3 Å². The lowest BCUT2D eigenvalue weighted by atomic mass is 9.95. The van der Waals surface area contributed by atoms with E-state index in [9.17, 15) is 9.59 Å². The van der Waals surface area contributed by atoms with Crippen LogP contribution in [0.3, 0.4) is 0 Å². The molecule has 0 saturated carbocycles. The summed E-state index contributed by atoms with van der Waals surface area (Å²) >= 11 is 0. The molecular weight excluding hydrogens is 316 g/mol. The van der Waals surface area contributed by atoms with Gasteiger partial charge in [-0.25, -0.2) is 4.79 Å². The van der Waals surface area contributed by atoms with Gasteiger partial charge in [-0.15, -0.1) is 12.4 Å². The van der Waals surface area contributed by atoms with Crippen molar-refractivity contribution in [2.24, 2.45) is 5.92 Å². The highest BCUT2D eigenvalue weighted by Gasteiger charge is 2.25. The average molecular weight is 341 g/mol. The molecule has 0 aromatic heterocycles. The number of piperidine rings is 1. The van der Waals surface area contributed by atoms with Gasteiger partial charge in [0.1, 0.15) is 6.04 Å². The molecule has 3 atom stereocenters. The number of para-hydroxylation sites is 1. The summed E-state index contributed by atoms with van der Waals surface area (Å²) in [5, 5.41) is 11.7. The first-order chi connectivity index (χ1) is 10.6. The molecule has 1 saturated heterocycles. The van der Waals surface area contributed by atoms with Crippen LogP contribution in [0.15, 0.2) is 30.3 Å². The van der Waals surface area contributed by atoms with E-state index in [1.54, 1.807) is 19.1 Å². The smallest absolute Gasteiger partial charge is 0.319 e. The van der Waals surface area contributed by atoms with Crippen LogP contribution in [0.25, 0.3) is 0 Å². The largest absolute Gasteiger partial charge is 0.351 e. The van der Waals surface area contributed by atoms with E-state index in [1.165, 1.54) is 0 Å². The Labute approximate surface area is 143 Å². The number of rotatable bonds is 4. The number of hydrogen-bond acceptors (Lipinski definition) is 3. The summed E-state index contributed by atoms with van der Waals surface area (Å²) in [6, 6.07) is 8.34. The molecule has 0 bridgehead atoms. The quantitative estimate of drug-likeness (QED) is 0.673. The molecule has 1 aliphatic rings. The lowest BCUT2D eigenvalue weighted by Gasteiger charge is -2.31. The van der Waals surface area contributed by atoms with Gasteiger partial charge in [-0.2, -0.15) is 0 Å². The van der Waals surface area contributed by atoms with Crippen molar-refractivity contribution in [2.75, 3.05) is 18.4 Å². The van der Waals surface area contributed by atoms with E-state index >= 15 is 0 Å². The molecule has 1 fully saturated rings. The Morgan fingerprint density at radius 1 is 1.26 bits per heavy atom. The third kappa shape index (κ3) is 6.08. The minimum absolute atomic E-state index is 0. The summed E-state index contributed by atoms with van der Waals surface area (Å²) in [5.74, 6) is 0.241. The minimum atomic E-state index is -0.578. The number of benzene rings is 1. The molecular formula is C16H25ClN4O2. The van der Waals surface area contributed by atoms with E-state index < -0.39 is 6.04 Å². The Balaban J connectivity index is 0.00000264. The van der Waals surface area contributed by atoms with Crippen LogP contribution in [0.4, 0.5) is 10.5 Å². The van der Waals surface area contributed by atoms with Crippen LogP contribution < -0.4 is 21.3 Å². The molecule has 0 spiro atoms. The molecule has 23 heavy (non-hydrogen) atoms. The summed E-state index contributed by atoms with van der Waals surface area (Å²) in [4.78, 5) is 24.0.